The third kappa shape index (κ3) is 13.2. The molecular formula is C55H67N5O7S. The molecule has 6 rings (SSSR count). The van der Waals surface area contributed by atoms with E-state index in [1.807, 2.05) is 112 Å². The average molecular weight is 942 g/mol. The number of nitrogens with two attached hydrogens (primary N) is 1. The Bertz CT molecular complexity index is 2500. The van der Waals surface area contributed by atoms with E-state index in [1.54, 1.807) is 35.4 Å². The van der Waals surface area contributed by atoms with Gasteiger partial charge >= 0.3 is 0 Å². The fourth-order valence-corrected chi connectivity index (χ4v) is 10.0. The number of nitrogens with zero attached hydrogens (tertiary/aromatic N) is 3. The van der Waals surface area contributed by atoms with Gasteiger partial charge in [0.05, 0.1) is 34.6 Å². The molecule has 1 aliphatic heterocycles. The lowest BCUT2D eigenvalue weighted by Gasteiger charge is -2.38. The fraction of sp³-hybridized carbons (Fsp3) is 0.400. The lowest BCUT2D eigenvalue weighted by Crippen LogP contribution is -2.52. The van der Waals surface area contributed by atoms with Gasteiger partial charge in [0.15, 0.2) is 0 Å². The number of aryl methyl sites for hydroxylation is 1. The predicted octanol–water partition coefficient (Wildman–Crippen LogP) is 9.02. The average Bonchev–Trinajstić information content (AvgIpc) is 3.94. The van der Waals surface area contributed by atoms with Crippen LogP contribution in [0, 0.1) is 24.2 Å². The van der Waals surface area contributed by atoms with Crippen molar-refractivity contribution in [3.63, 3.8) is 0 Å². The molecule has 5 aromatic rings. The first-order valence-electron chi connectivity index (χ1n) is 23.7. The van der Waals surface area contributed by atoms with Crippen molar-refractivity contribution in [2.24, 2.45) is 23.0 Å². The smallest absolute Gasteiger partial charge is 0.243 e. The second-order valence-corrected chi connectivity index (χ2v) is 19.7. The maximum Gasteiger partial charge on any atom is 0.243 e. The number of benzene rings is 4. The number of carbonyl (C=O) groups excluding carboxylic acids is 4. The number of allylic oxidation sites excluding steroid dienone is 1. The molecule has 1 unspecified atom stereocenters. The van der Waals surface area contributed by atoms with Crippen molar-refractivity contribution in [1.29, 1.82) is 0 Å². The monoisotopic (exact) mass is 941 g/mol. The summed E-state index contributed by atoms with van der Waals surface area (Å²) >= 11 is 1.57. The molecule has 1 aliphatic rings. The second-order valence-electron chi connectivity index (χ2n) is 18.8. The highest BCUT2D eigenvalue weighted by atomic mass is 32.1. The highest BCUT2D eigenvalue weighted by Gasteiger charge is 2.47. The minimum Gasteiger partial charge on any atom is -0.508 e. The van der Waals surface area contributed by atoms with Gasteiger partial charge in [0.25, 0.3) is 0 Å². The summed E-state index contributed by atoms with van der Waals surface area (Å²) in [6, 6.07) is 32.5. The van der Waals surface area contributed by atoms with E-state index < -0.39 is 35.3 Å². The van der Waals surface area contributed by atoms with Crippen molar-refractivity contribution in [1.82, 2.24) is 20.1 Å². The van der Waals surface area contributed by atoms with E-state index in [9.17, 15) is 29.4 Å². The van der Waals surface area contributed by atoms with Crippen LogP contribution in [0.1, 0.15) is 101 Å². The van der Waals surface area contributed by atoms with Crippen molar-refractivity contribution in [2.75, 3.05) is 26.7 Å². The van der Waals surface area contributed by atoms with Crippen molar-refractivity contribution in [3.8, 4) is 21.9 Å². The number of hydrogen-bond acceptors (Lipinski definition) is 9. The van der Waals surface area contributed by atoms with Gasteiger partial charge in [-0.15, -0.1) is 11.3 Å². The van der Waals surface area contributed by atoms with Gasteiger partial charge in [0.1, 0.15) is 24.1 Å². The van der Waals surface area contributed by atoms with Gasteiger partial charge < -0.3 is 35.8 Å². The van der Waals surface area contributed by atoms with Gasteiger partial charge in [0.2, 0.25) is 23.6 Å². The van der Waals surface area contributed by atoms with Gasteiger partial charge in [-0.1, -0.05) is 119 Å². The summed E-state index contributed by atoms with van der Waals surface area (Å²) in [5.74, 6) is -2.08. The van der Waals surface area contributed by atoms with Gasteiger partial charge in [-0.2, -0.15) is 0 Å². The molecule has 0 radical (unpaired) electrons. The Labute approximate surface area is 405 Å². The maximum atomic E-state index is 14.4. The number of aromatic nitrogens is 1. The van der Waals surface area contributed by atoms with Crippen molar-refractivity contribution in [2.45, 2.75) is 98.3 Å². The molecule has 12 nitrogen and oxygen atoms in total. The molecule has 4 amide bonds. The molecule has 4 atom stereocenters. The maximum absolute atomic E-state index is 14.4. The van der Waals surface area contributed by atoms with Crippen LogP contribution in [0.5, 0.6) is 11.5 Å². The van der Waals surface area contributed by atoms with Gasteiger partial charge in [0, 0.05) is 38.9 Å². The zero-order valence-electron chi connectivity index (χ0n) is 40.2. The van der Waals surface area contributed by atoms with Crippen LogP contribution in [-0.4, -0.2) is 87.5 Å². The third-order valence-corrected chi connectivity index (χ3v) is 13.8. The van der Waals surface area contributed by atoms with Crippen LogP contribution in [0.4, 0.5) is 0 Å². The molecule has 0 spiro atoms. The highest BCUT2D eigenvalue weighted by molar-refractivity contribution is 7.13. The summed E-state index contributed by atoms with van der Waals surface area (Å²) in [5.41, 5.74) is 15.5. The molecule has 4 aromatic carbocycles. The number of unbranched alkanes of at least 4 members (excludes halogenated alkanes) is 2. The number of rotatable bonds is 21. The Morgan fingerprint density at radius 2 is 1.57 bits per heavy atom. The molecule has 68 heavy (non-hydrogen) atoms. The first-order valence-corrected chi connectivity index (χ1v) is 24.5. The van der Waals surface area contributed by atoms with E-state index in [1.165, 1.54) is 10.5 Å². The van der Waals surface area contributed by atoms with Gasteiger partial charge in [-0.05, 0) is 94.8 Å². The molecule has 0 saturated carbocycles. The summed E-state index contributed by atoms with van der Waals surface area (Å²) in [6.45, 7) is 10.7. The van der Waals surface area contributed by atoms with E-state index in [-0.39, 0.29) is 43.0 Å². The number of carbonyl (C=O) groups is 4. The van der Waals surface area contributed by atoms with Gasteiger partial charge in [-0.25, -0.2) is 4.98 Å². The fourth-order valence-electron chi connectivity index (χ4n) is 9.22. The number of likely N-dealkylation sites (N-methyl/N-ethyl adjacent to an activating group) is 1. The number of likely N-dealkylation sites (tertiary alicyclic amines) is 1. The van der Waals surface area contributed by atoms with E-state index in [0.717, 1.165) is 50.4 Å². The number of aliphatic hydroxyl groups excluding tert-OH is 1. The molecule has 2 heterocycles. The summed E-state index contributed by atoms with van der Waals surface area (Å²) in [6.07, 6.45) is 2.52. The highest BCUT2D eigenvalue weighted by Crippen LogP contribution is 2.39. The molecule has 360 valence electrons. The van der Waals surface area contributed by atoms with E-state index in [0.29, 0.717) is 51.0 Å². The van der Waals surface area contributed by atoms with Crippen LogP contribution in [-0.2, 0) is 25.7 Å². The normalized spacial score (nSPS) is 16.1. The number of aromatic hydroxyl groups is 1. The molecular weight excluding hydrogens is 875 g/mol. The van der Waals surface area contributed by atoms with Crippen LogP contribution in [0.2, 0.25) is 0 Å². The first kappa shape index (κ1) is 51.1. The predicted molar refractivity (Wildman–Crippen MR) is 269 cm³/mol. The number of nitrogens with one attached hydrogen (secondary N) is 1. The lowest BCUT2D eigenvalue weighted by molar-refractivity contribution is -0.149. The van der Waals surface area contributed by atoms with Crippen LogP contribution >= 0.6 is 11.3 Å². The molecule has 13 heteroatoms. The summed E-state index contributed by atoms with van der Waals surface area (Å²) < 4.78 is 6.07. The number of amides is 4. The van der Waals surface area contributed by atoms with E-state index in [2.05, 4.69) is 29.4 Å². The van der Waals surface area contributed by atoms with E-state index >= 15 is 0 Å². The number of thiazole rings is 1. The second kappa shape index (κ2) is 23.6. The number of phenolic OH excluding ortho intramolecular Hbond substituents is 1. The number of aliphatic hydroxyl groups is 1. The Morgan fingerprint density at radius 3 is 2.18 bits per heavy atom. The number of hydrogen-bond donors (Lipinski definition) is 4. The Kier molecular flexibility index (Phi) is 17.7. The first-order chi connectivity index (χ1) is 32.5. The Morgan fingerprint density at radius 1 is 0.912 bits per heavy atom. The molecule has 5 N–H and O–H groups in total. The molecule has 0 bridgehead atoms. The largest absolute Gasteiger partial charge is 0.508 e. The SMILES string of the molecule is CCC(=C(c1ccc(O)cc1)c1ccc(OCCN(C)C(=O)CCCCCC(C(N)=O)[C@H](C(=O)N2C[C@H](O)C[C@H]2C(=O)NCc2ccc(-c3scnc3C)cc2)C(C)(C)C)cc1)c1ccccc1. The van der Waals surface area contributed by atoms with Crippen LogP contribution in [0.25, 0.3) is 21.6 Å². The van der Waals surface area contributed by atoms with Crippen molar-refractivity contribution >= 4 is 46.1 Å². The molecule has 1 fully saturated rings. The molecule has 0 aliphatic carbocycles. The molecule has 1 saturated heterocycles. The molecule has 1 aromatic heterocycles. The number of ether oxygens (including phenoxy) is 1. The van der Waals surface area contributed by atoms with Gasteiger partial charge in [-0.3, -0.25) is 19.2 Å². The van der Waals surface area contributed by atoms with E-state index in [4.69, 9.17) is 10.5 Å². The minimum absolute atomic E-state index is 0.0135. The van der Waals surface area contributed by atoms with Crippen LogP contribution in [0.15, 0.2) is 109 Å². The van der Waals surface area contributed by atoms with Crippen molar-refractivity contribution in [3.05, 3.63) is 137 Å². The lowest BCUT2D eigenvalue weighted by atomic mass is 9.70. The number of phenols is 1. The summed E-state index contributed by atoms with van der Waals surface area (Å²) in [4.78, 5) is 62.7. The Balaban J connectivity index is 0.976. The van der Waals surface area contributed by atoms with Crippen LogP contribution in [0.3, 0.4) is 0 Å². The standard InChI is InChI=1S/C55H67N5O7S/c1-7-45(38-14-10-8-11-15-38)49(39-22-26-42(61)27-23-39)40-24-28-44(29-25-40)67-31-30-59(6)48(63)17-13-9-12-16-46(52(56)64)50(55(3,4)5)54(66)60-34-43(62)32-47(60)53(65)57-33-37-18-20-41(21-19-37)51-36(2)58-35-68-51/h8,10-11,14-15,18-29,35,43,46-47,50,61-62H,7,9,12-13,16-17,30-34H2,1-6H3,(H2,56,64)(H,57,65)/t43-,46?,47+,50-/m1/s1. The topological polar surface area (TPSA) is 175 Å². The zero-order chi connectivity index (χ0) is 49.0. The van der Waals surface area contributed by atoms with Crippen molar-refractivity contribution < 1.29 is 34.1 Å². The number of primary amides is 1. The van der Waals surface area contributed by atoms with Crippen LogP contribution < -0.4 is 15.8 Å². The Hall–Kier alpha value is -6.31. The zero-order valence-corrected chi connectivity index (χ0v) is 41.1. The minimum atomic E-state index is -0.892. The third-order valence-electron chi connectivity index (χ3n) is 12.9. The summed E-state index contributed by atoms with van der Waals surface area (Å²) in [7, 11) is 1.76. The number of β-amino-alcohol motifs (C(OH)–C–C–N with tert-alkyl or cyclic N) is 1. The quantitative estimate of drug-likeness (QED) is 0.0416. The summed E-state index contributed by atoms with van der Waals surface area (Å²) in [5, 5.41) is 23.6.